The van der Waals surface area contributed by atoms with Crippen LogP contribution in [0.4, 0.5) is 4.39 Å². The van der Waals surface area contributed by atoms with Gasteiger partial charge in [-0.15, -0.1) is 0 Å². The van der Waals surface area contributed by atoms with E-state index in [0.717, 1.165) is 0 Å². The zero-order valence-electron chi connectivity index (χ0n) is 13.4. The van der Waals surface area contributed by atoms with E-state index in [1.54, 1.807) is 0 Å². The Morgan fingerprint density at radius 1 is 1.27 bits per heavy atom. The van der Waals surface area contributed by atoms with Crippen molar-refractivity contribution in [3.8, 4) is 5.75 Å². The van der Waals surface area contributed by atoms with E-state index in [1.165, 1.54) is 19.2 Å². The molecular weight excluding hydrogens is 290 g/mol. The van der Waals surface area contributed by atoms with Crippen LogP contribution < -0.4 is 10.2 Å². The number of benzene rings is 1. The van der Waals surface area contributed by atoms with Crippen molar-refractivity contribution in [1.29, 1.82) is 0 Å². The van der Waals surface area contributed by atoms with Gasteiger partial charge in [-0.3, -0.25) is 4.79 Å². The number of methoxy groups -OCH3 is 1. The zero-order chi connectivity index (χ0) is 16.7. The predicted octanol–water partition coefficient (Wildman–Crippen LogP) is 1.76. The molecule has 7 heteroatoms. The maximum atomic E-state index is 13.9. The fourth-order valence-electron chi connectivity index (χ4n) is 2.25. The van der Waals surface area contributed by atoms with Crippen molar-refractivity contribution in [1.82, 2.24) is 0 Å². The van der Waals surface area contributed by atoms with E-state index in [4.69, 9.17) is 19.2 Å². The summed E-state index contributed by atoms with van der Waals surface area (Å²) >= 11 is 0. The minimum atomic E-state index is -1.11. The molecule has 0 amide bonds. The second-order valence-corrected chi connectivity index (χ2v) is 6.34. The number of ether oxygens (including phenoxy) is 1. The van der Waals surface area contributed by atoms with Crippen LogP contribution in [0.25, 0.3) is 0 Å². The van der Waals surface area contributed by atoms with E-state index in [-0.39, 0.29) is 11.3 Å². The molecule has 0 spiro atoms. The van der Waals surface area contributed by atoms with Crippen molar-refractivity contribution in [2.45, 2.75) is 45.3 Å². The van der Waals surface area contributed by atoms with Gasteiger partial charge in [-0.05, 0) is 33.3 Å². The molecule has 0 radical (unpaired) electrons. The summed E-state index contributed by atoms with van der Waals surface area (Å²) in [7, 11) is 0.675. The normalized spacial score (nSPS) is 19.3. The summed E-state index contributed by atoms with van der Waals surface area (Å²) in [6.45, 7) is 7.62. The highest BCUT2D eigenvalue weighted by Gasteiger charge is 2.52. The Kier molecular flexibility index (Phi) is 4.23. The van der Waals surface area contributed by atoms with E-state index >= 15 is 0 Å². The molecule has 22 heavy (non-hydrogen) atoms. The number of carboxylic acid groups (broad SMARTS) is 1. The summed E-state index contributed by atoms with van der Waals surface area (Å²) in [6.07, 6.45) is -0.414. The summed E-state index contributed by atoms with van der Waals surface area (Å²) in [4.78, 5) is 10.9. The standard InChI is InChI=1S/C15H20BFO5/c1-14(2)15(3,4)22-16(21-14)10-6-9(7-13(18)19)11(17)8-12(10)20-5/h6,8H,7H2,1-5H3,(H,18,19). The Bertz CT molecular complexity index is 584. The molecule has 1 aliphatic rings. The van der Waals surface area contributed by atoms with Crippen molar-refractivity contribution in [2.24, 2.45) is 0 Å². The lowest BCUT2D eigenvalue weighted by molar-refractivity contribution is -0.136. The zero-order valence-corrected chi connectivity index (χ0v) is 13.4. The van der Waals surface area contributed by atoms with Crippen molar-refractivity contribution < 1.29 is 28.3 Å². The molecule has 1 heterocycles. The van der Waals surface area contributed by atoms with Gasteiger partial charge >= 0.3 is 13.1 Å². The first kappa shape index (κ1) is 16.8. The molecule has 1 aromatic carbocycles. The quantitative estimate of drug-likeness (QED) is 0.859. The summed E-state index contributed by atoms with van der Waals surface area (Å²) < 4.78 is 31.0. The molecule has 1 fully saturated rings. The molecule has 120 valence electrons. The van der Waals surface area contributed by atoms with E-state index in [9.17, 15) is 9.18 Å². The van der Waals surface area contributed by atoms with Gasteiger partial charge in [0.05, 0.1) is 24.7 Å². The van der Waals surface area contributed by atoms with Crippen molar-refractivity contribution >= 4 is 18.6 Å². The highest BCUT2D eigenvalue weighted by molar-refractivity contribution is 6.63. The van der Waals surface area contributed by atoms with Crippen molar-refractivity contribution in [3.05, 3.63) is 23.5 Å². The smallest absolute Gasteiger partial charge is 0.497 e. The molecule has 0 unspecified atom stereocenters. The van der Waals surface area contributed by atoms with Crippen LogP contribution in [0.2, 0.25) is 0 Å². The van der Waals surface area contributed by atoms with Gasteiger partial charge in [0.1, 0.15) is 11.6 Å². The summed E-state index contributed by atoms with van der Waals surface area (Å²) in [5.74, 6) is -1.46. The maximum absolute atomic E-state index is 13.9. The van der Waals surface area contributed by atoms with Crippen LogP contribution in [-0.2, 0) is 20.5 Å². The Morgan fingerprint density at radius 2 is 1.82 bits per heavy atom. The third-order valence-electron chi connectivity index (χ3n) is 4.25. The molecule has 1 saturated heterocycles. The third-order valence-corrected chi connectivity index (χ3v) is 4.25. The molecule has 1 aromatic rings. The highest BCUT2D eigenvalue weighted by atomic mass is 19.1. The average Bonchev–Trinajstić information content (AvgIpc) is 2.59. The number of carbonyl (C=O) groups is 1. The van der Waals surface area contributed by atoms with Crippen LogP contribution in [0.1, 0.15) is 33.3 Å². The SMILES string of the molecule is COc1cc(F)c(CC(=O)O)cc1B1OC(C)(C)C(C)(C)O1. The van der Waals surface area contributed by atoms with E-state index < -0.39 is 36.5 Å². The van der Waals surface area contributed by atoms with Crippen LogP contribution in [0, 0.1) is 5.82 Å². The van der Waals surface area contributed by atoms with Crippen molar-refractivity contribution in [3.63, 3.8) is 0 Å². The largest absolute Gasteiger partial charge is 0.498 e. The Balaban J connectivity index is 2.44. The Labute approximate surface area is 129 Å². The number of carboxylic acids is 1. The summed E-state index contributed by atoms with van der Waals surface area (Å²) in [5, 5.41) is 8.88. The van der Waals surface area contributed by atoms with Crippen LogP contribution in [0.5, 0.6) is 5.75 Å². The lowest BCUT2D eigenvalue weighted by Gasteiger charge is -2.32. The van der Waals surface area contributed by atoms with Gasteiger partial charge in [-0.2, -0.15) is 0 Å². The molecule has 2 rings (SSSR count). The molecular formula is C15H20BFO5. The molecule has 1 aliphatic heterocycles. The lowest BCUT2D eigenvalue weighted by Crippen LogP contribution is -2.41. The fourth-order valence-corrected chi connectivity index (χ4v) is 2.25. The van der Waals surface area contributed by atoms with Gasteiger partial charge < -0.3 is 19.2 Å². The first-order chi connectivity index (χ1) is 10.1. The minimum absolute atomic E-state index is 0.0676. The second-order valence-electron chi connectivity index (χ2n) is 6.34. The molecule has 0 atom stereocenters. The Morgan fingerprint density at radius 3 is 2.27 bits per heavy atom. The van der Waals surface area contributed by atoms with Crippen LogP contribution in [0.15, 0.2) is 12.1 Å². The maximum Gasteiger partial charge on any atom is 0.498 e. The average molecular weight is 310 g/mol. The van der Waals surface area contributed by atoms with Gasteiger partial charge in [0.25, 0.3) is 0 Å². The fraction of sp³-hybridized carbons (Fsp3) is 0.533. The number of aliphatic carboxylic acids is 1. The van der Waals surface area contributed by atoms with Gasteiger partial charge in [0, 0.05) is 11.5 Å². The topological polar surface area (TPSA) is 65.0 Å². The van der Waals surface area contributed by atoms with Crippen LogP contribution in [0.3, 0.4) is 0 Å². The predicted molar refractivity (Wildman–Crippen MR) is 80.0 cm³/mol. The van der Waals surface area contributed by atoms with Gasteiger partial charge in [0.15, 0.2) is 0 Å². The van der Waals surface area contributed by atoms with Crippen LogP contribution in [-0.4, -0.2) is 36.5 Å². The summed E-state index contributed by atoms with van der Waals surface area (Å²) in [6, 6.07) is 2.60. The third kappa shape index (κ3) is 2.96. The molecule has 1 N–H and O–H groups in total. The molecule has 5 nitrogen and oxygen atoms in total. The number of hydrogen-bond acceptors (Lipinski definition) is 4. The monoisotopic (exact) mass is 310 g/mol. The van der Waals surface area contributed by atoms with E-state index in [2.05, 4.69) is 0 Å². The highest BCUT2D eigenvalue weighted by Crippen LogP contribution is 2.37. The van der Waals surface area contributed by atoms with E-state index in [1.807, 2.05) is 27.7 Å². The number of rotatable bonds is 4. The summed E-state index contributed by atoms with van der Waals surface area (Å²) in [5.41, 5.74) is -0.551. The molecule has 0 saturated carbocycles. The van der Waals surface area contributed by atoms with Gasteiger partial charge in [-0.25, -0.2) is 4.39 Å². The molecule has 0 bridgehead atoms. The molecule has 0 aliphatic carbocycles. The Hall–Kier alpha value is -1.60. The first-order valence-electron chi connectivity index (χ1n) is 7.01. The number of halogens is 1. The first-order valence-corrected chi connectivity index (χ1v) is 7.01. The second kappa shape index (κ2) is 5.55. The minimum Gasteiger partial charge on any atom is -0.497 e. The van der Waals surface area contributed by atoms with Gasteiger partial charge in [0.2, 0.25) is 0 Å². The van der Waals surface area contributed by atoms with E-state index in [0.29, 0.717) is 5.46 Å². The number of hydrogen-bond donors (Lipinski definition) is 1. The van der Waals surface area contributed by atoms with Gasteiger partial charge in [-0.1, -0.05) is 6.07 Å². The lowest BCUT2D eigenvalue weighted by atomic mass is 9.77. The van der Waals surface area contributed by atoms with Crippen LogP contribution >= 0.6 is 0 Å². The van der Waals surface area contributed by atoms with Crippen molar-refractivity contribution in [2.75, 3.05) is 7.11 Å². The molecule has 0 aromatic heterocycles.